The zero-order valence-corrected chi connectivity index (χ0v) is 11.5. The molecule has 0 unspecified atom stereocenters. The van der Waals surface area contributed by atoms with Gasteiger partial charge in [0.1, 0.15) is 12.4 Å². The van der Waals surface area contributed by atoms with Crippen LogP contribution in [0.4, 0.5) is 8.78 Å². The molecule has 4 heteroatoms. The van der Waals surface area contributed by atoms with Crippen LogP contribution in [-0.4, -0.2) is 0 Å². The highest BCUT2D eigenvalue weighted by atomic mass is 19.2. The largest absolute Gasteiger partial charge is 0.488 e. The molecule has 0 aliphatic carbocycles. The Hall–Kier alpha value is -1.94. The Bertz CT molecular complexity index is 603. The SMILES string of the molecule is Cc1cc(CN)cc(C)c1OCc1cccc(F)c1F. The van der Waals surface area contributed by atoms with Crippen LogP contribution in [0.3, 0.4) is 0 Å². The van der Waals surface area contributed by atoms with Crippen LogP contribution >= 0.6 is 0 Å². The van der Waals surface area contributed by atoms with Crippen LogP contribution in [0.1, 0.15) is 22.3 Å². The Labute approximate surface area is 117 Å². The van der Waals surface area contributed by atoms with E-state index in [2.05, 4.69) is 0 Å². The number of ether oxygens (including phenoxy) is 1. The van der Waals surface area contributed by atoms with E-state index in [0.29, 0.717) is 12.3 Å². The second-order valence-electron chi connectivity index (χ2n) is 4.76. The molecule has 0 amide bonds. The Morgan fingerprint density at radius 2 is 1.75 bits per heavy atom. The molecule has 0 aromatic heterocycles. The van der Waals surface area contributed by atoms with Gasteiger partial charge >= 0.3 is 0 Å². The minimum Gasteiger partial charge on any atom is -0.488 e. The highest BCUT2D eigenvalue weighted by Gasteiger charge is 2.10. The number of halogens is 2. The first kappa shape index (κ1) is 14.5. The van der Waals surface area contributed by atoms with Crippen molar-refractivity contribution >= 4 is 0 Å². The molecule has 2 aromatic rings. The number of hydrogen-bond donors (Lipinski definition) is 1. The highest BCUT2D eigenvalue weighted by Crippen LogP contribution is 2.26. The normalized spacial score (nSPS) is 10.7. The minimum absolute atomic E-state index is 0.00670. The fraction of sp³-hybridized carbons (Fsp3) is 0.250. The summed E-state index contributed by atoms with van der Waals surface area (Å²) < 4.78 is 32.3. The van der Waals surface area contributed by atoms with E-state index in [4.69, 9.17) is 10.5 Å². The van der Waals surface area contributed by atoms with Crippen molar-refractivity contribution in [2.24, 2.45) is 5.73 Å². The lowest BCUT2D eigenvalue weighted by atomic mass is 10.1. The van der Waals surface area contributed by atoms with Gasteiger partial charge in [0.25, 0.3) is 0 Å². The summed E-state index contributed by atoms with van der Waals surface area (Å²) >= 11 is 0. The summed E-state index contributed by atoms with van der Waals surface area (Å²) in [6, 6.07) is 7.94. The Morgan fingerprint density at radius 3 is 2.35 bits per heavy atom. The smallest absolute Gasteiger partial charge is 0.165 e. The van der Waals surface area contributed by atoms with Crippen molar-refractivity contribution in [1.29, 1.82) is 0 Å². The summed E-state index contributed by atoms with van der Waals surface area (Å²) in [4.78, 5) is 0. The van der Waals surface area contributed by atoms with Gasteiger partial charge in [-0.15, -0.1) is 0 Å². The minimum atomic E-state index is -0.863. The third-order valence-corrected chi connectivity index (χ3v) is 3.16. The molecule has 0 atom stereocenters. The van der Waals surface area contributed by atoms with Gasteiger partial charge in [-0.2, -0.15) is 0 Å². The Kier molecular flexibility index (Phi) is 4.35. The third kappa shape index (κ3) is 2.96. The van der Waals surface area contributed by atoms with Crippen LogP contribution in [0.25, 0.3) is 0 Å². The van der Waals surface area contributed by atoms with Crippen molar-refractivity contribution in [1.82, 2.24) is 0 Å². The van der Waals surface area contributed by atoms with Crippen LogP contribution in [0.2, 0.25) is 0 Å². The maximum absolute atomic E-state index is 13.6. The fourth-order valence-electron chi connectivity index (χ4n) is 2.20. The molecule has 2 aromatic carbocycles. The molecule has 0 aliphatic heterocycles. The molecule has 2 N–H and O–H groups in total. The maximum atomic E-state index is 13.6. The summed E-state index contributed by atoms with van der Waals surface area (Å²) in [5.41, 5.74) is 8.69. The van der Waals surface area contributed by atoms with Gasteiger partial charge in [-0.3, -0.25) is 0 Å². The monoisotopic (exact) mass is 277 g/mol. The molecule has 0 saturated carbocycles. The topological polar surface area (TPSA) is 35.2 Å². The molecule has 0 spiro atoms. The predicted molar refractivity (Wildman–Crippen MR) is 74.5 cm³/mol. The number of benzene rings is 2. The van der Waals surface area contributed by atoms with E-state index in [1.807, 2.05) is 26.0 Å². The second-order valence-corrected chi connectivity index (χ2v) is 4.76. The van der Waals surface area contributed by atoms with Gasteiger partial charge < -0.3 is 10.5 Å². The van der Waals surface area contributed by atoms with Crippen LogP contribution < -0.4 is 10.5 Å². The molecule has 0 fully saturated rings. The molecular formula is C16H17F2NO. The molecule has 0 heterocycles. The summed E-state index contributed by atoms with van der Waals surface area (Å²) in [6.45, 7) is 4.26. The number of rotatable bonds is 4. The van der Waals surface area contributed by atoms with Crippen molar-refractivity contribution in [2.45, 2.75) is 27.0 Å². The molecule has 0 saturated heterocycles. The van der Waals surface area contributed by atoms with Gasteiger partial charge in [0.05, 0.1) is 0 Å². The van der Waals surface area contributed by atoms with Gasteiger partial charge in [-0.25, -0.2) is 8.78 Å². The first-order valence-corrected chi connectivity index (χ1v) is 6.38. The lowest BCUT2D eigenvalue weighted by Crippen LogP contribution is -2.04. The molecular weight excluding hydrogens is 260 g/mol. The maximum Gasteiger partial charge on any atom is 0.165 e. The lowest BCUT2D eigenvalue weighted by Gasteiger charge is -2.14. The first-order chi connectivity index (χ1) is 9.52. The Balaban J connectivity index is 2.21. The van der Waals surface area contributed by atoms with Gasteiger partial charge in [-0.1, -0.05) is 24.3 Å². The summed E-state index contributed by atoms with van der Waals surface area (Å²) in [5.74, 6) is -1.04. The molecule has 20 heavy (non-hydrogen) atoms. The molecule has 106 valence electrons. The van der Waals surface area contributed by atoms with Crippen molar-refractivity contribution in [3.8, 4) is 5.75 Å². The third-order valence-electron chi connectivity index (χ3n) is 3.16. The van der Waals surface area contributed by atoms with Gasteiger partial charge in [-0.05, 0) is 36.6 Å². The van der Waals surface area contributed by atoms with E-state index in [1.165, 1.54) is 12.1 Å². The van der Waals surface area contributed by atoms with E-state index >= 15 is 0 Å². The number of nitrogens with two attached hydrogens (primary N) is 1. The summed E-state index contributed by atoms with van der Waals surface area (Å²) in [6.07, 6.45) is 0. The van der Waals surface area contributed by atoms with Crippen molar-refractivity contribution < 1.29 is 13.5 Å². The average molecular weight is 277 g/mol. The number of hydrogen-bond acceptors (Lipinski definition) is 2. The van der Waals surface area contributed by atoms with Gasteiger partial charge in [0.2, 0.25) is 0 Å². The second kappa shape index (κ2) is 6.01. The zero-order chi connectivity index (χ0) is 14.7. The van der Waals surface area contributed by atoms with Gasteiger partial charge in [0, 0.05) is 12.1 Å². The van der Waals surface area contributed by atoms with E-state index < -0.39 is 11.6 Å². The average Bonchev–Trinajstić information content (AvgIpc) is 2.42. The van der Waals surface area contributed by atoms with E-state index in [-0.39, 0.29) is 12.2 Å². The molecule has 0 aliphatic rings. The number of aryl methyl sites for hydroxylation is 2. The Morgan fingerprint density at radius 1 is 1.10 bits per heavy atom. The van der Waals surface area contributed by atoms with Crippen molar-refractivity contribution in [2.75, 3.05) is 0 Å². The summed E-state index contributed by atoms with van der Waals surface area (Å²) in [5, 5.41) is 0. The van der Waals surface area contributed by atoms with E-state index in [9.17, 15) is 8.78 Å². The zero-order valence-electron chi connectivity index (χ0n) is 11.5. The molecule has 0 radical (unpaired) electrons. The van der Waals surface area contributed by atoms with E-state index in [0.717, 1.165) is 22.8 Å². The van der Waals surface area contributed by atoms with Crippen LogP contribution in [0.5, 0.6) is 5.75 Å². The molecule has 2 nitrogen and oxygen atoms in total. The van der Waals surface area contributed by atoms with Gasteiger partial charge in [0.15, 0.2) is 11.6 Å². The van der Waals surface area contributed by atoms with Crippen molar-refractivity contribution in [3.05, 3.63) is 64.2 Å². The highest BCUT2D eigenvalue weighted by molar-refractivity contribution is 5.43. The van der Waals surface area contributed by atoms with Crippen LogP contribution in [0, 0.1) is 25.5 Å². The molecule has 0 bridgehead atoms. The van der Waals surface area contributed by atoms with Crippen LogP contribution in [0.15, 0.2) is 30.3 Å². The predicted octanol–water partition coefficient (Wildman–Crippen LogP) is 3.62. The summed E-state index contributed by atoms with van der Waals surface area (Å²) in [7, 11) is 0. The molecule has 2 rings (SSSR count). The van der Waals surface area contributed by atoms with Crippen molar-refractivity contribution in [3.63, 3.8) is 0 Å². The quantitative estimate of drug-likeness (QED) is 0.926. The standard InChI is InChI=1S/C16H17F2NO/c1-10-6-12(8-19)7-11(2)16(10)20-9-13-4-3-5-14(17)15(13)18/h3-7H,8-9,19H2,1-2H3. The fourth-order valence-corrected chi connectivity index (χ4v) is 2.20. The lowest BCUT2D eigenvalue weighted by molar-refractivity contribution is 0.293. The first-order valence-electron chi connectivity index (χ1n) is 6.38. The van der Waals surface area contributed by atoms with Crippen LogP contribution in [-0.2, 0) is 13.2 Å². The van der Waals surface area contributed by atoms with E-state index in [1.54, 1.807) is 0 Å².